The van der Waals surface area contributed by atoms with Crippen molar-refractivity contribution in [2.75, 3.05) is 39.7 Å². The summed E-state index contributed by atoms with van der Waals surface area (Å²) in [5.41, 5.74) is 1.42. The second-order valence-corrected chi connectivity index (χ2v) is 11.1. The average Bonchev–Trinajstić information content (AvgIpc) is 3.15. The van der Waals surface area contributed by atoms with Crippen molar-refractivity contribution in [2.24, 2.45) is 5.92 Å². The van der Waals surface area contributed by atoms with Gasteiger partial charge in [0.1, 0.15) is 22.5 Å². The number of aliphatic hydroxyl groups is 1. The quantitative estimate of drug-likeness (QED) is 0.489. The number of piperidine rings is 1. The molecule has 1 aromatic carbocycles. The molecule has 4 atom stereocenters. The number of hydrogen-bond donors (Lipinski definition) is 3. The number of benzene rings is 1. The molecular formula is C27H37N2O6S+. The summed E-state index contributed by atoms with van der Waals surface area (Å²) in [6, 6.07) is 5.60. The fourth-order valence-electron chi connectivity index (χ4n) is 6.01. The Morgan fingerprint density at radius 2 is 1.94 bits per heavy atom. The topological polar surface area (TPSA) is 98.5 Å². The minimum absolute atomic E-state index is 0.000614. The largest absolute Gasteiger partial charge is 0.497 e. The maximum atomic E-state index is 13.4. The van der Waals surface area contributed by atoms with Gasteiger partial charge in [0.15, 0.2) is 6.54 Å². The number of methoxy groups -OCH3 is 3. The van der Waals surface area contributed by atoms with Crippen molar-refractivity contribution >= 4 is 28.2 Å². The number of fused-ring (bicyclic) bond motifs is 1. The normalized spacial score (nSPS) is 25.6. The molecule has 3 N–H and O–H groups in total. The summed E-state index contributed by atoms with van der Waals surface area (Å²) in [6.07, 6.45) is 4.37. The smallest absolute Gasteiger partial charge is 0.341 e. The molecule has 0 spiro atoms. The number of amides is 1. The number of ether oxygens (including phenoxy) is 3. The standard InChI is InChI=1S/C27H36N2O6S/c1-16-17(2)36-25(23(16)26(31)35-5)28-22(30)15-29-13-12-27(32)11-7-6-8-20(27)24(29)19-14-18(33-3)9-10-21(19)34-4/h9-10,14,20,24,32H,6-8,11-13,15H2,1-5H3,(H,28,30)/p+1/t20-,24+,27+/m1/s1. The van der Waals surface area contributed by atoms with E-state index in [9.17, 15) is 14.7 Å². The zero-order chi connectivity index (χ0) is 26.0. The number of thiophene rings is 1. The molecule has 4 rings (SSSR count). The van der Waals surface area contributed by atoms with Gasteiger partial charge < -0.3 is 29.5 Å². The molecule has 1 unspecified atom stereocenters. The van der Waals surface area contributed by atoms with E-state index in [1.54, 1.807) is 14.2 Å². The molecule has 196 valence electrons. The van der Waals surface area contributed by atoms with Crippen LogP contribution in [-0.2, 0) is 9.53 Å². The number of nitrogens with one attached hydrogen (secondary N) is 2. The lowest BCUT2D eigenvalue weighted by atomic mass is 9.66. The van der Waals surface area contributed by atoms with Gasteiger partial charge in [-0.05, 0) is 50.5 Å². The third-order valence-electron chi connectivity index (χ3n) is 7.97. The van der Waals surface area contributed by atoms with E-state index < -0.39 is 11.6 Å². The van der Waals surface area contributed by atoms with Crippen LogP contribution in [0.4, 0.5) is 5.00 Å². The van der Waals surface area contributed by atoms with Gasteiger partial charge in [0, 0.05) is 17.2 Å². The minimum Gasteiger partial charge on any atom is -0.497 e. The third kappa shape index (κ3) is 4.96. The molecule has 2 heterocycles. The SMILES string of the molecule is COC(=O)c1c(NC(=O)C[NH+]2CC[C@@]3(O)CCCC[C@@H]3[C@@H]2c2cc(OC)ccc2OC)sc(C)c1C. The second-order valence-electron chi connectivity index (χ2n) is 9.90. The van der Waals surface area contributed by atoms with Crippen molar-refractivity contribution in [1.82, 2.24) is 0 Å². The molecule has 1 aromatic heterocycles. The molecule has 2 aliphatic rings. The van der Waals surface area contributed by atoms with Crippen LogP contribution in [0.25, 0.3) is 0 Å². The first-order chi connectivity index (χ1) is 17.2. The maximum absolute atomic E-state index is 13.4. The van der Waals surface area contributed by atoms with Crippen molar-refractivity contribution in [3.63, 3.8) is 0 Å². The number of carbonyl (C=O) groups excluding carboxylic acids is 2. The molecule has 1 aliphatic heterocycles. The highest BCUT2D eigenvalue weighted by molar-refractivity contribution is 7.16. The summed E-state index contributed by atoms with van der Waals surface area (Å²) < 4.78 is 16.2. The summed E-state index contributed by atoms with van der Waals surface area (Å²) in [4.78, 5) is 27.8. The zero-order valence-electron chi connectivity index (χ0n) is 21.7. The summed E-state index contributed by atoms with van der Waals surface area (Å²) in [7, 11) is 4.62. The monoisotopic (exact) mass is 517 g/mol. The Hall–Kier alpha value is -2.62. The zero-order valence-corrected chi connectivity index (χ0v) is 22.5. The summed E-state index contributed by atoms with van der Waals surface area (Å²) in [5.74, 6) is 0.812. The lowest BCUT2D eigenvalue weighted by Crippen LogP contribution is -3.16. The van der Waals surface area contributed by atoms with E-state index in [-0.39, 0.29) is 24.4 Å². The molecule has 1 saturated heterocycles. The van der Waals surface area contributed by atoms with E-state index in [0.29, 0.717) is 29.3 Å². The highest BCUT2D eigenvalue weighted by atomic mass is 32.1. The van der Waals surface area contributed by atoms with E-state index in [1.807, 2.05) is 32.0 Å². The number of carbonyl (C=O) groups is 2. The Kier molecular flexibility index (Phi) is 7.92. The van der Waals surface area contributed by atoms with Crippen LogP contribution < -0.4 is 19.7 Å². The van der Waals surface area contributed by atoms with Gasteiger partial charge in [0.05, 0.1) is 44.6 Å². The van der Waals surface area contributed by atoms with Gasteiger partial charge in [-0.3, -0.25) is 4.79 Å². The number of rotatable bonds is 7. The lowest BCUT2D eigenvalue weighted by Gasteiger charge is -2.50. The Balaban J connectivity index is 1.66. The van der Waals surface area contributed by atoms with Crippen molar-refractivity contribution in [3.05, 3.63) is 39.8 Å². The Morgan fingerprint density at radius 1 is 1.17 bits per heavy atom. The van der Waals surface area contributed by atoms with Gasteiger partial charge in [-0.25, -0.2) is 4.79 Å². The minimum atomic E-state index is -0.753. The lowest BCUT2D eigenvalue weighted by molar-refractivity contribution is -0.937. The van der Waals surface area contributed by atoms with E-state index >= 15 is 0 Å². The van der Waals surface area contributed by atoms with Gasteiger partial charge in [-0.2, -0.15) is 0 Å². The van der Waals surface area contributed by atoms with E-state index in [4.69, 9.17) is 14.2 Å². The van der Waals surface area contributed by atoms with Gasteiger partial charge in [0.25, 0.3) is 5.91 Å². The van der Waals surface area contributed by atoms with Gasteiger partial charge in [-0.15, -0.1) is 11.3 Å². The number of aryl methyl sites for hydroxylation is 1. The highest BCUT2D eigenvalue weighted by Gasteiger charge is 2.52. The predicted molar refractivity (Wildman–Crippen MR) is 138 cm³/mol. The van der Waals surface area contributed by atoms with E-state index in [1.165, 1.54) is 18.4 Å². The molecular weight excluding hydrogens is 480 g/mol. The third-order valence-corrected chi connectivity index (χ3v) is 9.10. The summed E-state index contributed by atoms with van der Waals surface area (Å²) in [6.45, 7) is 4.64. The van der Waals surface area contributed by atoms with Crippen LogP contribution in [0.3, 0.4) is 0 Å². The number of anilines is 1. The Labute approximate surface area is 216 Å². The van der Waals surface area contributed by atoms with Crippen LogP contribution in [0.15, 0.2) is 18.2 Å². The summed E-state index contributed by atoms with van der Waals surface area (Å²) >= 11 is 1.38. The first kappa shape index (κ1) is 26.4. The Bertz CT molecular complexity index is 1130. The number of quaternary nitrogens is 1. The van der Waals surface area contributed by atoms with Crippen LogP contribution in [-0.4, -0.2) is 57.0 Å². The molecule has 0 bridgehead atoms. The molecule has 0 radical (unpaired) electrons. The maximum Gasteiger partial charge on any atom is 0.341 e. The van der Waals surface area contributed by atoms with Crippen molar-refractivity contribution in [1.29, 1.82) is 0 Å². The second kappa shape index (κ2) is 10.8. The average molecular weight is 518 g/mol. The van der Waals surface area contributed by atoms with Crippen LogP contribution in [0, 0.1) is 19.8 Å². The fraction of sp³-hybridized carbons (Fsp3) is 0.556. The molecule has 1 aliphatic carbocycles. The molecule has 2 fully saturated rings. The summed E-state index contributed by atoms with van der Waals surface area (Å²) in [5, 5.41) is 15.1. The van der Waals surface area contributed by atoms with Crippen LogP contribution >= 0.6 is 11.3 Å². The van der Waals surface area contributed by atoms with Crippen molar-refractivity contribution in [2.45, 2.75) is 57.6 Å². The predicted octanol–water partition coefficient (Wildman–Crippen LogP) is 3.06. The molecule has 2 aromatic rings. The number of likely N-dealkylation sites (tertiary alicyclic amines) is 1. The van der Waals surface area contributed by atoms with E-state index in [2.05, 4.69) is 5.32 Å². The highest BCUT2D eigenvalue weighted by Crippen LogP contribution is 2.46. The van der Waals surface area contributed by atoms with Crippen LogP contribution in [0.5, 0.6) is 11.5 Å². The molecule has 1 amide bonds. The van der Waals surface area contributed by atoms with E-state index in [0.717, 1.165) is 52.3 Å². The molecule has 36 heavy (non-hydrogen) atoms. The Morgan fingerprint density at radius 3 is 2.64 bits per heavy atom. The van der Waals surface area contributed by atoms with Crippen molar-refractivity contribution < 1.29 is 33.8 Å². The first-order valence-electron chi connectivity index (χ1n) is 12.5. The van der Waals surface area contributed by atoms with Gasteiger partial charge >= 0.3 is 5.97 Å². The fourth-order valence-corrected chi connectivity index (χ4v) is 7.08. The van der Waals surface area contributed by atoms with Crippen LogP contribution in [0.1, 0.15) is 64.5 Å². The number of esters is 1. The molecule has 1 saturated carbocycles. The number of hydrogen-bond acceptors (Lipinski definition) is 7. The molecule has 8 nitrogen and oxygen atoms in total. The van der Waals surface area contributed by atoms with Crippen molar-refractivity contribution in [3.8, 4) is 11.5 Å². The van der Waals surface area contributed by atoms with Crippen LogP contribution in [0.2, 0.25) is 0 Å². The van der Waals surface area contributed by atoms with Gasteiger partial charge in [-0.1, -0.05) is 12.8 Å². The first-order valence-corrected chi connectivity index (χ1v) is 13.3. The molecule has 9 heteroatoms. The van der Waals surface area contributed by atoms with Gasteiger partial charge in [0.2, 0.25) is 0 Å².